The van der Waals surface area contributed by atoms with Crippen molar-refractivity contribution in [2.75, 3.05) is 6.61 Å². The molecule has 0 amide bonds. The Morgan fingerprint density at radius 3 is 2.25 bits per heavy atom. The highest BCUT2D eigenvalue weighted by atomic mass is 16.5. The first-order valence-corrected chi connectivity index (χ1v) is 3.20. The van der Waals surface area contributed by atoms with Crippen molar-refractivity contribution >= 4 is 0 Å². The van der Waals surface area contributed by atoms with E-state index in [0.717, 1.165) is 18.8 Å². The molecule has 48 valence electrons. The van der Waals surface area contributed by atoms with Crippen LogP contribution >= 0.6 is 0 Å². The molecule has 0 aromatic carbocycles. The van der Waals surface area contributed by atoms with Crippen molar-refractivity contribution in [2.45, 2.75) is 26.7 Å². The highest BCUT2D eigenvalue weighted by Crippen LogP contribution is 2.11. The minimum absolute atomic E-state index is 0.888. The second-order valence-corrected chi connectivity index (χ2v) is 1.49. The summed E-state index contributed by atoms with van der Waals surface area (Å²) in [7, 11) is 0. The molecular weight excluding hydrogens is 100 g/mol. The van der Waals surface area contributed by atoms with Crippen molar-refractivity contribution < 1.29 is 4.74 Å². The third-order valence-corrected chi connectivity index (χ3v) is 0.906. The first-order chi connectivity index (χ1) is 3.89. The number of rotatable bonds is 0. The molecule has 1 fully saturated rings. The topological polar surface area (TPSA) is 9.23 Å². The highest BCUT2D eigenvalue weighted by molar-refractivity contribution is 4.85. The van der Waals surface area contributed by atoms with E-state index in [-0.39, 0.29) is 0 Å². The SMILES string of the molecule is C=C1CCCO1.CC. The Balaban J connectivity index is 0.000000222. The third kappa shape index (κ3) is 2.67. The Kier molecular flexibility index (Phi) is 4.42. The van der Waals surface area contributed by atoms with Crippen molar-refractivity contribution in [1.82, 2.24) is 0 Å². The molecular formula is C7H14O. The molecule has 0 atom stereocenters. The molecule has 0 saturated carbocycles. The molecule has 1 rings (SSSR count). The van der Waals surface area contributed by atoms with E-state index in [0.29, 0.717) is 0 Å². The number of allylic oxidation sites excluding steroid dienone is 1. The van der Waals surface area contributed by atoms with Gasteiger partial charge in [0.05, 0.1) is 12.4 Å². The predicted octanol–water partition coefficient (Wildman–Crippen LogP) is 2.34. The molecule has 0 aromatic heterocycles. The lowest BCUT2D eigenvalue weighted by Crippen LogP contribution is -1.72. The lowest BCUT2D eigenvalue weighted by molar-refractivity contribution is 0.265. The average Bonchev–Trinajstić information content (AvgIpc) is 2.24. The number of hydrogen-bond donors (Lipinski definition) is 0. The van der Waals surface area contributed by atoms with Gasteiger partial charge in [0.2, 0.25) is 0 Å². The minimum Gasteiger partial charge on any atom is -0.499 e. The Hall–Kier alpha value is -0.460. The lowest BCUT2D eigenvalue weighted by atomic mass is 10.3. The molecule has 1 nitrogen and oxygen atoms in total. The van der Waals surface area contributed by atoms with Gasteiger partial charge in [0.1, 0.15) is 0 Å². The zero-order valence-electron chi connectivity index (χ0n) is 5.74. The summed E-state index contributed by atoms with van der Waals surface area (Å²) < 4.78 is 4.96. The van der Waals surface area contributed by atoms with Gasteiger partial charge in [0, 0.05) is 6.42 Å². The molecule has 8 heavy (non-hydrogen) atoms. The monoisotopic (exact) mass is 114 g/mol. The van der Waals surface area contributed by atoms with Crippen LogP contribution in [0.5, 0.6) is 0 Å². The fourth-order valence-electron chi connectivity index (χ4n) is 0.558. The lowest BCUT2D eigenvalue weighted by Gasteiger charge is -1.87. The van der Waals surface area contributed by atoms with Crippen LogP contribution in [0.4, 0.5) is 0 Å². The summed E-state index contributed by atoms with van der Waals surface area (Å²) in [4.78, 5) is 0. The summed E-state index contributed by atoms with van der Waals surface area (Å²) in [5.41, 5.74) is 0. The Morgan fingerprint density at radius 1 is 1.50 bits per heavy atom. The van der Waals surface area contributed by atoms with E-state index in [1.165, 1.54) is 6.42 Å². The Labute approximate surface area is 51.4 Å². The van der Waals surface area contributed by atoms with Crippen LogP contribution in [0.1, 0.15) is 26.7 Å². The summed E-state index contributed by atoms with van der Waals surface area (Å²) >= 11 is 0. The summed E-state index contributed by atoms with van der Waals surface area (Å²) in [6, 6.07) is 0. The standard InChI is InChI=1S/C5H8O.C2H6/c1-5-3-2-4-6-5;1-2/h1-4H2;1-2H3. The zero-order valence-corrected chi connectivity index (χ0v) is 5.74. The van der Waals surface area contributed by atoms with Crippen molar-refractivity contribution in [2.24, 2.45) is 0 Å². The van der Waals surface area contributed by atoms with Gasteiger partial charge in [-0.15, -0.1) is 0 Å². The molecule has 1 heteroatoms. The van der Waals surface area contributed by atoms with Crippen molar-refractivity contribution in [3.63, 3.8) is 0 Å². The maximum atomic E-state index is 4.96. The summed E-state index contributed by atoms with van der Waals surface area (Å²) in [5.74, 6) is 0.954. The van der Waals surface area contributed by atoms with E-state index in [4.69, 9.17) is 4.74 Å². The number of hydrogen-bond acceptors (Lipinski definition) is 1. The van der Waals surface area contributed by atoms with Gasteiger partial charge in [-0.25, -0.2) is 0 Å². The Bertz CT molecular complexity index is 58.8. The zero-order chi connectivity index (χ0) is 6.41. The van der Waals surface area contributed by atoms with E-state index in [9.17, 15) is 0 Å². The molecule has 0 bridgehead atoms. The quantitative estimate of drug-likeness (QED) is 0.469. The van der Waals surface area contributed by atoms with Gasteiger partial charge in [-0.1, -0.05) is 20.4 Å². The maximum absolute atomic E-state index is 4.96. The van der Waals surface area contributed by atoms with Crippen molar-refractivity contribution in [3.8, 4) is 0 Å². The van der Waals surface area contributed by atoms with E-state index in [1.54, 1.807) is 0 Å². The maximum Gasteiger partial charge on any atom is 0.0889 e. The first-order valence-electron chi connectivity index (χ1n) is 3.20. The van der Waals surface area contributed by atoms with E-state index in [2.05, 4.69) is 6.58 Å². The molecule has 1 heterocycles. The van der Waals surface area contributed by atoms with Gasteiger partial charge in [0.15, 0.2) is 0 Å². The summed E-state index contributed by atoms with van der Waals surface area (Å²) in [6.45, 7) is 8.52. The fraction of sp³-hybridized carbons (Fsp3) is 0.714. The molecule has 0 unspecified atom stereocenters. The normalized spacial score (nSPS) is 16.5. The van der Waals surface area contributed by atoms with Crippen molar-refractivity contribution in [3.05, 3.63) is 12.3 Å². The molecule has 0 N–H and O–H groups in total. The van der Waals surface area contributed by atoms with Gasteiger partial charge in [0.25, 0.3) is 0 Å². The summed E-state index contributed by atoms with van der Waals surface area (Å²) in [6.07, 6.45) is 2.23. The van der Waals surface area contributed by atoms with Crippen LogP contribution in [0.25, 0.3) is 0 Å². The molecule has 0 aromatic rings. The molecule has 0 spiro atoms. The van der Waals surface area contributed by atoms with E-state index < -0.39 is 0 Å². The minimum atomic E-state index is 0.888. The second-order valence-electron chi connectivity index (χ2n) is 1.49. The third-order valence-electron chi connectivity index (χ3n) is 0.906. The predicted molar refractivity (Wildman–Crippen MR) is 35.7 cm³/mol. The van der Waals surface area contributed by atoms with Crippen LogP contribution in [0.15, 0.2) is 12.3 Å². The largest absolute Gasteiger partial charge is 0.499 e. The molecule has 0 aliphatic carbocycles. The van der Waals surface area contributed by atoms with Crippen LogP contribution in [0.3, 0.4) is 0 Å². The molecule has 1 saturated heterocycles. The first kappa shape index (κ1) is 7.54. The molecule has 0 radical (unpaired) electrons. The van der Waals surface area contributed by atoms with E-state index >= 15 is 0 Å². The van der Waals surface area contributed by atoms with Crippen LogP contribution in [-0.2, 0) is 4.74 Å². The van der Waals surface area contributed by atoms with Gasteiger partial charge >= 0.3 is 0 Å². The van der Waals surface area contributed by atoms with Crippen LogP contribution in [0, 0.1) is 0 Å². The molecule has 1 aliphatic heterocycles. The van der Waals surface area contributed by atoms with Crippen LogP contribution < -0.4 is 0 Å². The van der Waals surface area contributed by atoms with Gasteiger partial charge in [-0.2, -0.15) is 0 Å². The smallest absolute Gasteiger partial charge is 0.0889 e. The van der Waals surface area contributed by atoms with Gasteiger partial charge in [-0.3, -0.25) is 0 Å². The van der Waals surface area contributed by atoms with Crippen LogP contribution in [-0.4, -0.2) is 6.61 Å². The van der Waals surface area contributed by atoms with Gasteiger partial charge < -0.3 is 4.74 Å². The highest BCUT2D eigenvalue weighted by Gasteiger charge is 2.01. The van der Waals surface area contributed by atoms with E-state index in [1.807, 2.05) is 13.8 Å². The van der Waals surface area contributed by atoms with Crippen molar-refractivity contribution in [1.29, 1.82) is 0 Å². The molecule has 1 aliphatic rings. The second kappa shape index (κ2) is 4.69. The fourth-order valence-corrected chi connectivity index (χ4v) is 0.558. The van der Waals surface area contributed by atoms with Gasteiger partial charge in [-0.05, 0) is 6.42 Å². The Morgan fingerprint density at radius 2 is 2.12 bits per heavy atom. The summed E-state index contributed by atoms with van der Waals surface area (Å²) in [5, 5.41) is 0. The van der Waals surface area contributed by atoms with Crippen LogP contribution in [0.2, 0.25) is 0 Å². The number of ether oxygens (including phenoxy) is 1. The average molecular weight is 114 g/mol.